The maximum atomic E-state index is 13.2. The Hall–Kier alpha value is -3.53. The standard InChI is InChI=1S/C24H18IN3O4/c1-15(29)32-22-19(25)12-16(13-21(22)31-2)14-26-28-23(17-8-4-3-5-9-17)27-20-11-7-6-10-18(20)24(28)30/h3-14H,1-2H3. The number of benzene rings is 3. The molecule has 8 heteroatoms. The lowest BCUT2D eigenvalue weighted by atomic mass is 10.2. The predicted octanol–water partition coefficient (Wildman–Crippen LogP) is 4.48. The van der Waals surface area contributed by atoms with Crippen LogP contribution in [0.25, 0.3) is 22.3 Å². The van der Waals surface area contributed by atoms with Crippen molar-refractivity contribution in [1.29, 1.82) is 0 Å². The van der Waals surface area contributed by atoms with Crippen molar-refractivity contribution in [3.63, 3.8) is 0 Å². The monoisotopic (exact) mass is 539 g/mol. The van der Waals surface area contributed by atoms with E-state index in [0.29, 0.717) is 37.4 Å². The van der Waals surface area contributed by atoms with E-state index in [1.54, 1.807) is 36.5 Å². The third-order valence-corrected chi connectivity index (χ3v) is 5.41. The van der Waals surface area contributed by atoms with Gasteiger partial charge < -0.3 is 9.47 Å². The molecule has 0 amide bonds. The maximum Gasteiger partial charge on any atom is 0.308 e. The second-order valence-corrected chi connectivity index (χ2v) is 7.97. The van der Waals surface area contributed by atoms with E-state index in [2.05, 4.69) is 32.7 Å². The first kappa shape index (κ1) is 21.7. The Bertz CT molecular complexity index is 1400. The molecule has 0 fully saturated rings. The molecule has 0 radical (unpaired) electrons. The molecule has 0 spiro atoms. The normalized spacial score (nSPS) is 11.1. The fourth-order valence-electron chi connectivity index (χ4n) is 3.19. The smallest absolute Gasteiger partial charge is 0.308 e. The quantitative estimate of drug-likeness (QED) is 0.162. The van der Waals surface area contributed by atoms with E-state index < -0.39 is 5.97 Å². The number of methoxy groups -OCH3 is 1. The Morgan fingerprint density at radius 2 is 1.81 bits per heavy atom. The summed E-state index contributed by atoms with van der Waals surface area (Å²) in [6.07, 6.45) is 1.55. The molecule has 0 N–H and O–H groups in total. The van der Waals surface area contributed by atoms with Crippen LogP contribution in [0, 0.1) is 3.57 Å². The van der Waals surface area contributed by atoms with Crippen LogP contribution in [0.3, 0.4) is 0 Å². The van der Waals surface area contributed by atoms with Crippen molar-refractivity contribution in [1.82, 2.24) is 9.66 Å². The number of halogens is 1. The Balaban J connectivity index is 1.86. The molecular weight excluding hydrogens is 521 g/mol. The summed E-state index contributed by atoms with van der Waals surface area (Å²) >= 11 is 2.06. The number of hydrogen-bond donors (Lipinski definition) is 0. The molecular formula is C24H18IN3O4. The maximum absolute atomic E-state index is 13.2. The van der Waals surface area contributed by atoms with E-state index in [1.165, 1.54) is 18.7 Å². The molecule has 4 aromatic rings. The molecule has 0 saturated heterocycles. The number of rotatable bonds is 5. The molecule has 1 aromatic heterocycles. The third-order valence-electron chi connectivity index (χ3n) is 4.61. The van der Waals surface area contributed by atoms with E-state index in [9.17, 15) is 9.59 Å². The predicted molar refractivity (Wildman–Crippen MR) is 131 cm³/mol. The summed E-state index contributed by atoms with van der Waals surface area (Å²) in [7, 11) is 1.49. The van der Waals surface area contributed by atoms with Crippen LogP contribution in [-0.2, 0) is 4.79 Å². The second kappa shape index (κ2) is 9.31. The number of carbonyl (C=O) groups excluding carboxylic acids is 1. The minimum Gasteiger partial charge on any atom is -0.493 e. The topological polar surface area (TPSA) is 82.8 Å². The lowest BCUT2D eigenvalue weighted by Gasteiger charge is -2.11. The van der Waals surface area contributed by atoms with Gasteiger partial charge in [0.15, 0.2) is 17.3 Å². The van der Waals surface area contributed by atoms with Gasteiger partial charge in [-0.2, -0.15) is 9.78 Å². The number of ether oxygens (including phenoxy) is 2. The molecule has 0 aliphatic rings. The molecule has 0 bridgehead atoms. The number of aromatic nitrogens is 2. The Morgan fingerprint density at radius 1 is 1.09 bits per heavy atom. The zero-order chi connectivity index (χ0) is 22.7. The minimum atomic E-state index is -0.441. The van der Waals surface area contributed by atoms with Gasteiger partial charge in [0, 0.05) is 12.5 Å². The zero-order valence-corrected chi connectivity index (χ0v) is 19.4. The van der Waals surface area contributed by atoms with Crippen molar-refractivity contribution in [2.75, 3.05) is 7.11 Å². The largest absolute Gasteiger partial charge is 0.493 e. The Morgan fingerprint density at radius 3 is 2.53 bits per heavy atom. The first-order valence-corrected chi connectivity index (χ1v) is 10.7. The highest BCUT2D eigenvalue weighted by molar-refractivity contribution is 14.1. The molecule has 7 nitrogen and oxygen atoms in total. The lowest BCUT2D eigenvalue weighted by Crippen LogP contribution is -2.20. The van der Waals surface area contributed by atoms with Crippen LogP contribution in [0.2, 0.25) is 0 Å². The van der Waals surface area contributed by atoms with Crippen LogP contribution in [0.15, 0.2) is 76.6 Å². The van der Waals surface area contributed by atoms with E-state index >= 15 is 0 Å². The van der Waals surface area contributed by atoms with E-state index in [-0.39, 0.29) is 5.56 Å². The first-order valence-electron chi connectivity index (χ1n) is 9.65. The summed E-state index contributed by atoms with van der Waals surface area (Å²) < 4.78 is 12.6. The molecule has 1 heterocycles. The zero-order valence-electron chi connectivity index (χ0n) is 17.3. The Kier molecular flexibility index (Phi) is 6.31. The highest BCUT2D eigenvalue weighted by Crippen LogP contribution is 2.33. The van der Waals surface area contributed by atoms with Gasteiger partial charge in [0.25, 0.3) is 5.56 Å². The summed E-state index contributed by atoms with van der Waals surface area (Å²) in [6.45, 7) is 1.33. The van der Waals surface area contributed by atoms with Gasteiger partial charge in [-0.05, 0) is 52.4 Å². The van der Waals surface area contributed by atoms with Crippen LogP contribution < -0.4 is 15.0 Å². The van der Waals surface area contributed by atoms with E-state index in [0.717, 1.165) is 5.56 Å². The number of para-hydroxylation sites is 1. The highest BCUT2D eigenvalue weighted by atomic mass is 127. The summed E-state index contributed by atoms with van der Waals surface area (Å²) in [5, 5.41) is 4.93. The summed E-state index contributed by atoms with van der Waals surface area (Å²) in [6, 6.07) is 20.1. The van der Waals surface area contributed by atoms with Crippen molar-refractivity contribution in [2.24, 2.45) is 5.10 Å². The highest BCUT2D eigenvalue weighted by Gasteiger charge is 2.14. The van der Waals surface area contributed by atoms with Crippen LogP contribution in [0.5, 0.6) is 11.5 Å². The molecule has 32 heavy (non-hydrogen) atoms. The number of carbonyl (C=O) groups is 1. The van der Waals surface area contributed by atoms with Gasteiger partial charge in [0.1, 0.15) is 0 Å². The van der Waals surface area contributed by atoms with Gasteiger partial charge in [0.2, 0.25) is 0 Å². The van der Waals surface area contributed by atoms with Crippen molar-refractivity contribution in [2.45, 2.75) is 6.92 Å². The number of hydrogen-bond acceptors (Lipinski definition) is 6. The van der Waals surface area contributed by atoms with Gasteiger partial charge in [-0.1, -0.05) is 42.5 Å². The van der Waals surface area contributed by atoms with Crippen LogP contribution in [-0.4, -0.2) is 29.0 Å². The lowest BCUT2D eigenvalue weighted by molar-refractivity contribution is -0.132. The van der Waals surface area contributed by atoms with Crippen molar-refractivity contribution >= 4 is 45.7 Å². The van der Waals surface area contributed by atoms with Gasteiger partial charge >= 0.3 is 5.97 Å². The average Bonchev–Trinajstić information content (AvgIpc) is 2.80. The molecule has 0 unspecified atom stereocenters. The molecule has 0 saturated carbocycles. The number of nitrogens with zero attached hydrogens (tertiary/aromatic N) is 3. The third kappa shape index (κ3) is 4.40. The second-order valence-electron chi connectivity index (χ2n) is 6.81. The molecule has 0 aliphatic heterocycles. The molecule has 0 aliphatic carbocycles. The molecule has 4 rings (SSSR count). The number of esters is 1. The van der Waals surface area contributed by atoms with E-state index in [1.807, 2.05) is 36.4 Å². The average molecular weight is 539 g/mol. The fourth-order valence-corrected chi connectivity index (χ4v) is 3.92. The van der Waals surface area contributed by atoms with Gasteiger partial charge in [-0.25, -0.2) is 4.98 Å². The van der Waals surface area contributed by atoms with Crippen LogP contribution in [0.4, 0.5) is 0 Å². The van der Waals surface area contributed by atoms with Crippen molar-refractivity contribution in [3.8, 4) is 22.9 Å². The molecule has 0 atom stereocenters. The first-order chi connectivity index (χ1) is 15.5. The van der Waals surface area contributed by atoms with E-state index in [4.69, 9.17) is 9.47 Å². The Labute approximate surface area is 197 Å². The van der Waals surface area contributed by atoms with Gasteiger partial charge in [-0.3, -0.25) is 9.59 Å². The van der Waals surface area contributed by atoms with Crippen molar-refractivity contribution in [3.05, 3.63) is 86.2 Å². The minimum absolute atomic E-state index is 0.274. The van der Waals surface area contributed by atoms with Crippen LogP contribution >= 0.6 is 22.6 Å². The van der Waals surface area contributed by atoms with Gasteiger partial charge in [0.05, 0.1) is 27.8 Å². The number of fused-ring (bicyclic) bond motifs is 1. The van der Waals surface area contributed by atoms with Crippen LogP contribution in [0.1, 0.15) is 12.5 Å². The molecule has 3 aromatic carbocycles. The molecule has 160 valence electrons. The summed E-state index contributed by atoms with van der Waals surface area (Å²) in [4.78, 5) is 29.3. The SMILES string of the molecule is COc1cc(C=Nn2c(-c3ccccc3)nc3ccccc3c2=O)cc(I)c1OC(C)=O. The van der Waals surface area contributed by atoms with Crippen molar-refractivity contribution < 1.29 is 14.3 Å². The summed E-state index contributed by atoms with van der Waals surface area (Å²) in [5.74, 6) is 0.723. The summed E-state index contributed by atoms with van der Waals surface area (Å²) in [5.41, 5.74) is 1.76. The van der Waals surface area contributed by atoms with Gasteiger partial charge in [-0.15, -0.1) is 0 Å². The fraction of sp³-hybridized carbons (Fsp3) is 0.0833.